The zero-order chi connectivity index (χ0) is 29.3. The molecule has 2 aliphatic rings. The maximum absolute atomic E-state index is 10.8. The first kappa shape index (κ1) is 32.3. The van der Waals surface area contributed by atoms with Crippen molar-refractivity contribution in [1.29, 1.82) is 0 Å². The lowest BCUT2D eigenvalue weighted by Crippen LogP contribution is -2.38. The molecule has 2 saturated heterocycles. The number of aliphatic hydroxyl groups excluding tert-OH is 2. The molecular formula is C29H41ClO10. The summed E-state index contributed by atoms with van der Waals surface area (Å²) in [7, 11) is 3.19. The molecular weight excluding hydrogens is 544 g/mol. The number of aliphatic carboxylic acids is 1. The molecule has 40 heavy (non-hydrogen) atoms. The van der Waals surface area contributed by atoms with Crippen molar-refractivity contribution in [2.45, 2.75) is 88.9 Å². The number of halogens is 1. The molecule has 11 heteroatoms. The van der Waals surface area contributed by atoms with Crippen molar-refractivity contribution in [2.24, 2.45) is 0 Å². The second-order valence-electron chi connectivity index (χ2n) is 10.3. The topological polar surface area (TPSA) is 133 Å². The summed E-state index contributed by atoms with van der Waals surface area (Å²) < 4.78 is 35.4. The maximum Gasteiger partial charge on any atom is 0.306 e. The minimum atomic E-state index is -1.24. The Balaban J connectivity index is 1.59. The van der Waals surface area contributed by atoms with Gasteiger partial charge in [0.15, 0.2) is 17.3 Å². The van der Waals surface area contributed by atoms with Crippen LogP contribution in [0.25, 0.3) is 0 Å². The summed E-state index contributed by atoms with van der Waals surface area (Å²) in [6.45, 7) is 4.10. The Labute approximate surface area is 240 Å². The predicted molar refractivity (Wildman–Crippen MR) is 148 cm³/mol. The highest BCUT2D eigenvalue weighted by Crippen LogP contribution is 2.36. The Kier molecular flexibility index (Phi) is 12.3. The van der Waals surface area contributed by atoms with E-state index in [9.17, 15) is 15.0 Å². The molecule has 0 aliphatic carbocycles. The van der Waals surface area contributed by atoms with E-state index in [2.05, 4.69) is 0 Å². The SMILES string of the molecule is COc1ccc(CO[C@@H]2C[C@@H](CC/C(Cl)=C/C/C=C(/CO)C(O)CC(=O)O)O[C@H]2[C@H]2COC(C)(C)O2)cc1OC. The second-order valence-corrected chi connectivity index (χ2v) is 10.8. The number of rotatable bonds is 15. The Bertz CT molecular complexity index is 1040. The van der Waals surface area contributed by atoms with Crippen LogP contribution in [0.1, 0.15) is 51.5 Å². The minimum Gasteiger partial charge on any atom is -0.493 e. The molecule has 0 spiro atoms. The van der Waals surface area contributed by atoms with Gasteiger partial charge in [0.1, 0.15) is 12.2 Å². The van der Waals surface area contributed by atoms with Crippen molar-refractivity contribution in [3.63, 3.8) is 0 Å². The van der Waals surface area contributed by atoms with Crippen LogP contribution < -0.4 is 9.47 Å². The fourth-order valence-electron chi connectivity index (χ4n) is 4.83. The van der Waals surface area contributed by atoms with Crippen LogP contribution in [0.3, 0.4) is 0 Å². The average molecular weight is 585 g/mol. The lowest BCUT2D eigenvalue weighted by atomic mass is 10.0. The smallest absolute Gasteiger partial charge is 0.306 e. The molecule has 5 atom stereocenters. The Morgan fingerprint density at radius 1 is 1.23 bits per heavy atom. The average Bonchev–Trinajstić information content (AvgIpc) is 3.50. The van der Waals surface area contributed by atoms with Gasteiger partial charge in [-0.05, 0) is 56.4 Å². The first-order chi connectivity index (χ1) is 19.0. The van der Waals surface area contributed by atoms with Crippen LogP contribution in [0.5, 0.6) is 11.5 Å². The fourth-order valence-corrected chi connectivity index (χ4v) is 5.03. The van der Waals surface area contributed by atoms with Gasteiger partial charge in [-0.25, -0.2) is 0 Å². The number of allylic oxidation sites excluding steroid dienone is 3. The van der Waals surface area contributed by atoms with E-state index < -0.39 is 30.9 Å². The highest BCUT2D eigenvalue weighted by atomic mass is 35.5. The zero-order valence-electron chi connectivity index (χ0n) is 23.5. The third kappa shape index (κ3) is 9.44. The van der Waals surface area contributed by atoms with E-state index in [1.807, 2.05) is 32.0 Å². The van der Waals surface area contributed by atoms with Crippen molar-refractivity contribution in [2.75, 3.05) is 27.4 Å². The van der Waals surface area contributed by atoms with E-state index in [1.54, 1.807) is 26.4 Å². The van der Waals surface area contributed by atoms with Gasteiger partial charge in [0.2, 0.25) is 0 Å². The first-order valence-corrected chi connectivity index (χ1v) is 13.8. The summed E-state index contributed by atoms with van der Waals surface area (Å²) in [5, 5.41) is 28.8. The molecule has 0 radical (unpaired) electrons. The molecule has 224 valence electrons. The Morgan fingerprint density at radius 2 is 1.98 bits per heavy atom. The number of carboxylic acid groups (broad SMARTS) is 1. The molecule has 1 unspecified atom stereocenters. The molecule has 1 aromatic rings. The van der Waals surface area contributed by atoms with E-state index in [4.69, 9.17) is 45.1 Å². The molecule has 0 saturated carbocycles. The van der Waals surface area contributed by atoms with Crippen LogP contribution in [0.4, 0.5) is 0 Å². The normalized spacial score (nSPS) is 25.7. The maximum atomic E-state index is 10.8. The number of hydrogen-bond acceptors (Lipinski definition) is 9. The number of carboxylic acids is 1. The molecule has 2 aliphatic heterocycles. The van der Waals surface area contributed by atoms with Gasteiger partial charge in [0, 0.05) is 11.5 Å². The van der Waals surface area contributed by atoms with Crippen molar-refractivity contribution in [3.05, 3.63) is 46.5 Å². The fraction of sp³-hybridized carbons (Fsp3) is 0.621. The van der Waals surface area contributed by atoms with Crippen LogP contribution in [-0.4, -0.2) is 85.0 Å². The van der Waals surface area contributed by atoms with Crippen LogP contribution in [-0.2, 0) is 30.3 Å². The number of aliphatic hydroxyl groups is 2. The molecule has 1 aromatic carbocycles. The number of methoxy groups -OCH3 is 2. The van der Waals surface area contributed by atoms with Crippen molar-refractivity contribution in [3.8, 4) is 11.5 Å². The monoisotopic (exact) mass is 584 g/mol. The Hall–Kier alpha value is -2.18. The summed E-state index contributed by atoms with van der Waals surface area (Å²) in [5.74, 6) is -0.546. The molecule has 3 rings (SSSR count). The number of ether oxygens (including phenoxy) is 6. The van der Waals surface area contributed by atoms with E-state index in [0.29, 0.717) is 55.4 Å². The third-order valence-electron chi connectivity index (χ3n) is 6.92. The summed E-state index contributed by atoms with van der Waals surface area (Å²) in [6.07, 6.45) is 3.04. The summed E-state index contributed by atoms with van der Waals surface area (Å²) in [4.78, 5) is 10.8. The van der Waals surface area contributed by atoms with E-state index in [-0.39, 0.29) is 30.0 Å². The van der Waals surface area contributed by atoms with Gasteiger partial charge in [-0.2, -0.15) is 0 Å². The van der Waals surface area contributed by atoms with Crippen LogP contribution >= 0.6 is 11.6 Å². The highest BCUT2D eigenvalue weighted by molar-refractivity contribution is 6.29. The molecule has 0 bridgehead atoms. The van der Waals surface area contributed by atoms with Gasteiger partial charge in [-0.1, -0.05) is 29.8 Å². The van der Waals surface area contributed by atoms with Crippen LogP contribution in [0.2, 0.25) is 0 Å². The largest absolute Gasteiger partial charge is 0.493 e. The molecule has 0 amide bonds. The van der Waals surface area contributed by atoms with Gasteiger partial charge in [-0.15, -0.1) is 0 Å². The number of carbonyl (C=O) groups is 1. The number of hydrogen-bond donors (Lipinski definition) is 3. The quantitative estimate of drug-likeness (QED) is 0.260. The summed E-state index contributed by atoms with van der Waals surface area (Å²) in [6, 6.07) is 5.67. The van der Waals surface area contributed by atoms with Crippen LogP contribution in [0, 0.1) is 0 Å². The van der Waals surface area contributed by atoms with Crippen molar-refractivity contribution in [1.82, 2.24) is 0 Å². The molecule has 2 heterocycles. The van der Waals surface area contributed by atoms with Gasteiger partial charge in [0.05, 0.1) is 58.8 Å². The van der Waals surface area contributed by atoms with E-state index >= 15 is 0 Å². The molecule has 10 nitrogen and oxygen atoms in total. The van der Waals surface area contributed by atoms with Crippen molar-refractivity contribution >= 4 is 17.6 Å². The van der Waals surface area contributed by atoms with Crippen LogP contribution in [0.15, 0.2) is 41.0 Å². The molecule has 0 aromatic heterocycles. The van der Waals surface area contributed by atoms with E-state index in [0.717, 1.165) is 5.56 Å². The minimum absolute atomic E-state index is 0.101. The second kappa shape index (κ2) is 15.2. The zero-order valence-corrected chi connectivity index (χ0v) is 24.3. The molecule has 3 N–H and O–H groups in total. The third-order valence-corrected chi connectivity index (χ3v) is 7.27. The van der Waals surface area contributed by atoms with Gasteiger partial charge >= 0.3 is 5.97 Å². The first-order valence-electron chi connectivity index (χ1n) is 13.4. The Morgan fingerprint density at radius 3 is 2.60 bits per heavy atom. The van der Waals surface area contributed by atoms with E-state index in [1.165, 1.54) is 0 Å². The lowest BCUT2D eigenvalue weighted by Gasteiger charge is -2.25. The lowest BCUT2D eigenvalue weighted by molar-refractivity contribution is -0.164. The van der Waals surface area contributed by atoms with Crippen molar-refractivity contribution < 1.29 is 48.5 Å². The highest BCUT2D eigenvalue weighted by Gasteiger charge is 2.46. The number of benzene rings is 1. The van der Waals surface area contributed by atoms with Gasteiger partial charge < -0.3 is 43.7 Å². The van der Waals surface area contributed by atoms with Gasteiger partial charge in [-0.3, -0.25) is 4.79 Å². The summed E-state index contributed by atoms with van der Waals surface area (Å²) in [5.41, 5.74) is 1.19. The summed E-state index contributed by atoms with van der Waals surface area (Å²) >= 11 is 6.44. The standard InChI is InChI=1S/C29H41ClO10/c1-29(2)38-17-26(40-29)28-25(37-16-18-8-11-23(35-3)24(12-18)36-4)13-21(39-28)10-9-20(30)7-5-6-19(15-31)22(32)14-27(33)34/h6-8,11-12,21-22,25-26,28,31-32H,5,9-10,13-17H2,1-4H3,(H,33,34)/b19-6-,20-7-/t21-,22?,25-,26-,28-/m1/s1. The molecule has 2 fully saturated rings. The predicted octanol–water partition coefficient (Wildman–Crippen LogP) is 3.95. The van der Waals surface area contributed by atoms with Gasteiger partial charge in [0.25, 0.3) is 0 Å².